The fourth-order valence-electron chi connectivity index (χ4n) is 1.69. The third-order valence-corrected chi connectivity index (χ3v) is 2.58. The normalized spacial score (nSPS) is 10.2. The molecule has 6 nitrogen and oxygen atoms in total. The second kappa shape index (κ2) is 6.10. The summed E-state index contributed by atoms with van der Waals surface area (Å²) in [4.78, 5) is 11.9. The highest BCUT2D eigenvalue weighted by atomic mass is 16.5. The van der Waals surface area contributed by atoms with Gasteiger partial charge in [-0.2, -0.15) is 0 Å². The second-order valence-electron chi connectivity index (χ2n) is 4.08. The van der Waals surface area contributed by atoms with Gasteiger partial charge < -0.3 is 19.3 Å². The lowest BCUT2D eigenvalue weighted by atomic mass is 10.2. The summed E-state index contributed by atoms with van der Waals surface area (Å²) < 4.78 is 15.5. The van der Waals surface area contributed by atoms with E-state index in [1.807, 2.05) is 6.92 Å². The summed E-state index contributed by atoms with van der Waals surface area (Å²) in [6.45, 7) is 4.16. The van der Waals surface area contributed by atoms with E-state index in [4.69, 9.17) is 14.0 Å². The predicted octanol–water partition coefficient (Wildman–Crippen LogP) is 2.64. The van der Waals surface area contributed by atoms with E-state index in [0.29, 0.717) is 29.6 Å². The van der Waals surface area contributed by atoms with Crippen molar-refractivity contribution in [2.75, 3.05) is 19.0 Å². The van der Waals surface area contributed by atoms with Gasteiger partial charge in [-0.05, 0) is 26.0 Å². The number of ether oxygens (including phenoxy) is 2. The molecule has 20 heavy (non-hydrogen) atoms. The molecule has 2 aromatic rings. The van der Waals surface area contributed by atoms with Gasteiger partial charge in [0.1, 0.15) is 5.76 Å². The Balaban J connectivity index is 2.15. The molecule has 0 atom stereocenters. The lowest BCUT2D eigenvalue weighted by molar-refractivity contribution is 0.101. The fraction of sp³-hybridized carbons (Fsp3) is 0.286. The Labute approximate surface area is 116 Å². The maximum Gasteiger partial charge on any atom is 0.277 e. The minimum atomic E-state index is -0.340. The van der Waals surface area contributed by atoms with Gasteiger partial charge in [-0.1, -0.05) is 5.16 Å². The fourth-order valence-corrected chi connectivity index (χ4v) is 1.69. The Morgan fingerprint density at radius 1 is 1.35 bits per heavy atom. The monoisotopic (exact) mass is 276 g/mol. The van der Waals surface area contributed by atoms with E-state index in [1.54, 1.807) is 38.3 Å². The van der Waals surface area contributed by atoms with Crippen LogP contribution in [0.2, 0.25) is 0 Å². The quantitative estimate of drug-likeness (QED) is 0.908. The number of benzene rings is 1. The zero-order chi connectivity index (χ0) is 14.5. The predicted molar refractivity (Wildman–Crippen MR) is 73.4 cm³/mol. The van der Waals surface area contributed by atoms with Crippen molar-refractivity contribution in [3.05, 3.63) is 35.7 Å². The van der Waals surface area contributed by atoms with Gasteiger partial charge in [0.05, 0.1) is 13.7 Å². The van der Waals surface area contributed by atoms with E-state index >= 15 is 0 Å². The van der Waals surface area contributed by atoms with Crippen LogP contribution in [0, 0.1) is 6.92 Å². The molecular formula is C14H16N2O4. The summed E-state index contributed by atoms with van der Waals surface area (Å²) >= 11 is 0. The van der Waals surface area contributed by atoms with Crippen molar-refractivity contribution in [2.24, 2.45) is 0 Å². The molecule has 1 aromatic heterocycles. The molecule has 0 aliphatic carbocycles. The number of rotatable bonds is 5. The topological polar surface area (TPSA) is 73.6 Å². The maximum atomic E-state index is 11.9. The Kier molecular flexibility index (Phi) is 4.24. The first-order valence-corrected chi connectivity index (χ1v) is 6.19. The van der Waals surface area contributed by atoms with Gasteiger partial charge in [0.15, 0.2) is 17.2 Å². The van der Waals surface area contributed by atoms with Gasteiger partial charge >= 0.3 is 0 Å². The average Bonchev–Trinajstić information content (AvgIpc) is 2.87. The summed E-state index contributed by atoms with van der Waals surface area (Å²) in [7, 11) is 1.55. The molecule has 0 saturated carbocycles. The Bertz CT molecular complexity index is 607. The summed E-state index contributed by atoms with van der Waals surface area (Å²) in [5.74, 6) is 1.43. The molecule has 0 saturated heterocycles. The summed E-state index contributed by atoms with van der Waals surface area (Å²) in [5.41, 5.74) is 0.825. The van der Waals surface area contributed by atoms with Gasteiger partial charge in [-0.3, -0.25) is 4.79 Å². The van der Waals surface area contributed by atoms with Crippen LogP contribution >= 0.6 is 0 Å². The summed E-state index contributed by atoms with van der Waals surface area (Å²) in [6, 6.07) is 6.74. The van der Waals surface area contributed by atoms with Crippen molar-refractivity contribution >= 4 is 11.6 Å². The van der Waals surface area contributed by atoms with Crippen molar-refractivity contribution in [2.45, 2.75) is 13.8 Å². The number of nitrogens with zero attached hydrogens (tertiary/aromatic N) is 1. The van der Waals surface area contributed by atoms with Gasteiger partial charge in [-0.25, -0.2) is 0 Å². The Hall–Kier alpha value is -2.50. The molecule has 0 unspecified atom stereocenters. The minimum Gasteiger partial charge on any atom is -0.493 e. The van der Waals surface area contributed by atoms with Gasteiger partial charge in [0.2, 0.25) is 0 Å². The average molecular weight is 276 g/mol. The van der Waals surface area contributed by atoms with E-state index in [9.17, 15) is 4.79 Å². The van der Waals surface area contributed by atoms with Crippen LogP contribution in [-0.4, -0.2) is 24.8 Å². The van der Waals surface area contributed by atoms with Crippen molar-refractivity contribution in [3.63, 3.8) is 0 Å². The van der Waals surface area contributed by atoms with E-state index < -0.39 is 0 Å². The SMILES string of the molecule is CCOc1ccc(NC(=O)c2cc(C)on2)cc1OC. The van der Waals surface area contributed by atoms with Crippen molar-refractivity contribution in [3.8, 4) is 11.5 Å². The molecule has 6 heteroatoms. The maximum absolute atomic E-state index is 11.9. The number of hydrogen-bond donors (Lipinski definition) is 1. The largest absolute Gasteiger partial charge is 0.493 e. The van der Waals surface area contributed by atoms with Gasteiger partial charge in [0.25, 0.3) is 5.91 Å². The molecule has 0 aliphatic heterocycles. The second-order valence-corrected chi connectivity index (χ2v) is 4.08. The molecule has 0 bridgehead atoms. The third kappa shape index (κ3) is 3.09. The Morgan fingerprint density at radius 3 is 2.75 bits per heavy atom. The molecule has 0 spiro atoms. The van der Waals surface area contributed by atoms with Crippen LogP contribution in [-0.2, 0) is 0 Å². The van der Waals surface area contributed by atoms with E-state index in [0.717, 1.165) is 0 Å². The Morgan fingerprint density at radius 2 is 2.15 bits per heavy atom. The van der Waals surface area contributed by atoms with Crippen LogP contribution in [0.15, 0.2) is 28.8 Å². The number of amides is 1. The van der Waals surface area contributed by atoms with Crippen LogP contribution in [0.3, 0.4) is 0 Å². The molecular weight excluding hydrogens is 260 g/mol. The van der Waals surface area contributed by atoms with Crippen LogP contribution in [0.25, 0.3) is 0 Å². The van der Waals surface area contributed by atoms with Crippen LogP contribution in [0.5, 0.6) is 11.5 Å². The molecule has 1 N–H and O–H groups in total. The van der Waals surface area contributed by atoms with Gasteiger partial charge in [-0.15, -0.1) is 0 Å². The van der Waals surface area contributed by atoms with E-state index in [2.05, 4.69) is 10.5 Å². The summed E-state index contributed by atoms with van der Waals surface area (Å²) in [5, 5.41) is 6.38. The minimum absolute atomic E-state index is 0.232. The van der Waals surface area contributed by atoms with Crippen molar-refractivity contribution < 1.29 is 18.8 Å². The lowest BCUT2D eigenvalue weighted by Gasteiger charge is -2.11. The van der Waals surface area contributed by atoms with Crippen molar-refractivity contribution in [1.29, 1.82) is 0 Å². The standard InChI is InChI=1S/C14H16N2O4/c1-4-19-12-6-5-10(8-13(12)18-3)15-14(17)11-7-9(2)20-16-11/h5-8H,4H2,1-3H3,(H,15,17). The molecule has 106 valence electrons. The molecule has 1 heterocycles. The molecule has 0 fully saturated rings. The molecule has 0 aliphatic rings. The zero-order valence-corrected chi connectivity index (χ0v) is 11.6. The molecule has 0 radical (unpaired) electrons. The number of anilines is 1. The van der Waals surface area contributed by atoms with Crippen molar-refractivity contribution in [1.82, 2.24) is 5.16 Å². The van der Waals surface area contributed by atoms with Crippen LogP contribution in [0.1, 0.15) is 23.2 Å². The number of aromatic nitrogens is 1. The van der Waals surface area contributed by atoms with Gasteiger partial charge in [0, 0.05) is 17.8 Å². The van der Waals surface area contributed by atoms with Crippen LogP contribution in [0.4, 0.5) is 5.69 Å². The zero-order valence-electron chi connectivity index (χ0n) is 11.6. The number of carbonyl (C=O) groups is 1. The number of aryl methyl sites for hydroxylation is 1. The highest BCUT2D eigenvalue weighted by Crippen LogP contribution is 2.30. The first kappa shape index (κ1) is 13.9. The first-order valence-electron chi connectivity index (χ1n) is 6.19. The summed E-state index contributed by atoms with van der Waals surface area (Å²) in [6.07, 6.45) is 0. The van der Waals surface area contributed by atoms with Crippen LogP contribution < -0.4 is 14.8 Å². The number of hydrogen-bond acceptors (Lipinski definition) is 5. The lowest BCUT2D eigenvalue weighted by Crippen LogP contribution is -2.12. The van der Waals surface area contributed by atoms with E-state index in [-0.39, 0.29) is 11.6 Å². The first-order chi connectivity index (χ1) is 9.63. The highest BCUT2D eigenvalue weighted by Gasteiger charge is 2.12. The third-order valence-electron chi connectivity index (χ3n) is 2.58. The number of carbonyl (C=O) groups excluding carboxylic acids is 1. The number of methoxy groups -OCH3 is 1. The van der Waals surface area contributed by atoms with E-state index in [1.165, 1.54) is 0 Å². The number of nitrogens with one attached hydrogen (secondary N) is 1. The highest BCUT2D eigenvalue weighted by molar-refractivity contribution is 6.02. The smallest absolute Gasteiger partial charge is 0.277 e. The molecule has 1 aromatic carbocycles. The molecule has 1 amide bonds. The molecule has 2 rings (SSSR count).